The second-order valence-corrected chi connectivity index (χ2v) is 7.39. The molecule has 0 aliphatic rings. The normalized spacial score (nSPS) is 10.6. The van der Waals surface area contributed by atoms with E-state index in [0.29, 0.717) is 18.5 Å². The SMILES string of the molecule is CCCCCCCCCCCC(=O)OCCN(C)C(=O)c1ccc(C)cc1. The first-order valence-electron chi connectivity index (χ1n) is 10.5. The van der Waals surface area contributed by atoms with Gasteiger partial charge in [-0.3, -0.25) is 9.59 Å². The van der Waals surface area contributed by atoms with E-state index in [9.17, 15) is 9.59 Å². The number of aryl methyl sites for hydroxylation is 1. The average Bonchev–Trinajstić information content (AvgIpc) is 2.66. The highest BCUT2D eigenvalue weighted by atomic mass is 16.5. The number of carbonyl (C=O) groups is 2. The first-order valence-corrected chi connectivity index (χ1v) is 10.5. The maximum atomic E-state index is 12.3. The van der Waals surface area contributed by atoms with Gasteiger partial charge in [0.05, 0.1) is 6.54 Å². The maximum Gasteiger partial charge on any atom is 0.305 e. The van der Waals surface area contributed by atoms with Crippen LogP contribution in [0.5, 0.6) is 0 Å². The van der Waals surface area contributed by atoms with Crippen LogP contribution in [-0.4, -0.2) is 37.0 Å². The second kappa shape index (κ2) is 14.2. The fraction of sp³-hybridized carbons (Fsp3) is 0.652. The topological polar surface area (TPSA) is 46.6 Å². The lowest BCUT2D eigenvalue weighted by atomic mass is 10.1. The van der Waals surface area contributed by atoms with E-state index < -0.39 is 0 Å². The zero-order valence-corrected chi connectivity index (χ0v) is 17.5. The van der Waals surface area contributed by atoms with Crippen LogP contribution in [0.25, 0.3) is 0 Å². The first-order chi connectivity index (χ1) is 13.0. The minimum Gasteiger partial charge on any atom is -0.464 e. The molecule has 0 N–H and O–H groups in total. The van der Waals surface area contributed by atoms with Crippen LogP contribution in [-0.2, 0) is 9.53 Å². The molecule has 0 saturated carbocycles. The lowest BCUT2D eigenvalue weighted by Crippen LogP contribution is -2.30. The Morgan fingerprint density at radius 2 is 1.44 bits per heavy atom. The van der Waals surface area contributed by atoms with Crippen molar-refractivity contribution >= 4 is 11.9 Å². The minimum atomic E-state index is -0.158. The van der Waals surface area contributed by atoms with Crippen LogP contribution in [0.4, 0.5) is 0 Å². The molecule has 1 rings (SSSR count). The summed E-state index contributed by atoms with van der Waals surface area (Å²) in [6.07, 6.45) is 11.6. The Hall–Kier alpha value is -1.84. The molecule has 27 heavy (non-hydrogen) atoms. The van der Waals surface area contributed by atoms with Crippen molar-refractivity contribution in [3.63, 3.8) is 0 Å². The van der Waals surface area contributed by atoms with E-state index in [1.54, 1.807) is 11.9 Å². The van der Waals surface area contributed by atoms with Gasteiger partial charge in [-0.2, -0.15) is 0 Å². The third-order valence-electron chi connectivity index (χ3n) is 4.82. The molecule has 0 bridgehead atoms. The first kappa shape index (κ1) is 23.2. The number of ether oxygens (including phenoxy) is 1. The largest absolute Gasteiger partial charge is 0.464 e. The summed E-state index contributed by atoms with van der Waals surface area (Å²) in [5.41, 5.74) is 1.78. The molecule has 0 unspecified atom stereocenters. The lowest BCUT2D eigenvalue weighted by molar-refractivity contribution is -0.144. The van der Waals surface area contributed by atoms with E-state index in [1.807, 2.05) is 31.2 Å². The predicted octanol–water partition coefficient (Wildman–Crippen LogP) is 5.53. The number of likely N-dealkylation sites (N-methyl/N-ethyl adjacent to an activating group) is 1. The Morgan fingerprint density at radius 1 is 0.889 bits per heavy atom. The molecule has 0 aromatic heterocycles. The molecule has 152 valence electrons. The van der Waals surface area contributed by atoms with Gasteiger partial charge in [0.25, 0.3) is 5.91 Å². The van der Waals surface area contributed by atoms with E-state index in [4.69, 9.17) is 4.74 Å². The Balaban J connectivity index is 2.04. The van der Waals surface area contributed by atoms with E-state index in [1.165, 1.54) is 44.9 Å². The Kier molecular flexibility index (Phi) is 12.2. The number of unbranched alkanes of at least 4 members (excludes halogenated alkanes) is 8. The molecule has 0 spiro atoms. The highest BCUT2D eigenvalue weighted by Crippen LogP contribution is 2.11. The quantitative estimate of drug-likeness (QED) is 0.317. The van der Waals surface area contributed by atoms with E-state index >= 15 is 0 Å². The summed E-state index contributed by atoms with van der Waals surface area (Å²) in [4.78, 5) is 25.6. The standard InChI is InChI=1S/C23H37NO3/c1-4-5-6-7-8-9-10-11-12-13-22(25)27-19-18-24(3)23(26)21-16-14-20(2)15-17-21/h14-17H,4-13,18-19H2,1-3H3. The summed E-state index contributed by atoms with van der Waals surface area (Å²) in [7, 11) is 1.73. The molecule has 1 aromatic rings. The number of carbonyl (C=O) groups excluding carboxylic acids is 2. The highest BCUT2D eigenvalue weighted by molar-refractivity contribution is 5.94. The molecular formula is C23H37NO3. The van der Waals surface area contributed by atoms with Crippen LogP contribution in [0.1, 0.15) is 87.1 Å². The zero-order chi connectivity index (χ0) is 19.9. The molecule has 4 nitrogen and oxygen atoms in total. The van der Waals surface area contributed by atoms with Gasteiger partial charge in [-0.1, -0.05) is 76.0 Å². The van der Waals surface area contributed by atoms with Gasteiger partial charge < -0.3 is 9.64 Å². The fourth-order valence-corrected chi connectivity index (χ4v) is 2.97. The monoisotopic (exact) mass is 375 g/mol. The second-order valence-electron chi connectivity index (χ2n) is 7.39. The predicted molar refractivity (Wildman–Crippen MR) is 111 cm³/mol. The Morgan fingerprint density at radius 3 is 2.04 bits per heavy atom. The number of esters is 1. The third-order valence-corrected chi connectivity index (χ3v) is 4.82. The Labute approximate surface area is 165 Å². The number of nitrogens with zero attached hydrogens (tertiary/aromatic N) is 1. The smallest absolute Gasteiger partial charge is 0.305 e. The highest BCUT2D eigenvalue weighted by Gasteiger charge is 2.12. The van der Waals surface area contributed by atoms with Gasteiger partial charge in [0.15, 0.2) is 0 Å². The van der Waals surface area contributed by atoms with Gasteiger partial charge in [-0.05, 0) is 25.5 Å². The van der Waals surface area contributed by atoms with Crippen molar-refractivity contribution < 1.29 is 14.3 Å². The molecule has 0 heterocycles. The van der Waals surface area contributed by atoms with Crippen LogP contribution >= 0.6 is 0 Å². The molecular weight excluding hydrogens is 338 g/mol. The lowest BCUT2D eigenvalue weighted by Gasteiger charge is -2.17. The van der Waals surface area contributed by atoms with Crippen LogP contribution in [0.2, 0.25) is 0 Å². The van der Waals surface area contributed by atoms with Crippen LogP contribution in [0, 0.1) is 6.92 Å². The molecule has 0 fully saturated rings. The zero-order valence-electron chi connectivity index (χ0n) is 17.5. The van der Waals surface area contributed by atoms with E-state index in [0.717, 1.165) is 18.4 Å². The number of rotatable bonds is 14. The fourth-order valence-electron chi connectivity index (χ4n) is 2.97. The summed E-state index contributed by atoms with van der Waals surface area (Å²) in [5.74, 6) is -0.209. The van der Waals surface area contributed by atoms with Crippen molar-refractivity contribution in [1.29, 1.82) is 0 Å². The third kappa shape index (κ3) is 10.8. The van der Waals surface area contributed by atoms with Crippen molar-refractivity contribution in [3.8, 4) is 0 Å². The molecule has 0 saturated heterocycles. The van der Waals surface area contributed by atoms with Crippen LogP contribution in [0.15, 0.2) is 24.3 Å². The van der Waals surface area contributed by atoms with E-state index in [-0.39, 0.29) is 18.5 Å². The number of amides is 1. The van der Waals surface area contributed by atoms with Crippen molar-refractivity contribution in [2.75, 3.05) is 20.2 Å². The summed E-state index contributed by atoms with van der Waals surface area (Å²) in [6.45, 7) is 4.89. The van der Waals surface area contributed by atoms with Crippen molar-refractivity contribution in [3.05, 3.63) is 35.4 Å². The van der Waals surface area contributed by atoms with Gasteiger partial charge in [-0.15, -0.1) is 0 Å². The van der Waals surface area contributed by atoms with E-state index in [2.05, 4.69) is 6.92 Å². The van der Waals surface area contributed by atoms with Crippen LogP contribution in [0.3, 0.4) is 0 Å². The van der Waals surface area contributed by atoms with Gasteiger partial charge in [0, 0.05) is 19.0 Å². The average molecular weight is 376 g/mol. The van der Waals surface area contributed by atoms with Crippen molar-refractivity contribution in [2.45, 2.75) is 78.1 Å². The van der Waals surface area contributed by atoms with Crippen molar-refractivity contribution in [2.24, 2.45) is 0 Å². The van der Waals surface area contributed by atoms with Gasteiger partial charge in [0.1, 0.15) is 6.61 Å². The summed E-state index contributed by atoms with van der Waals surface area (Å²) >= 11 is 0. The number of benzene rings is 1. The van der Waals surface area contributed by atoms with Gasteiger partial charge in [-0.25, -0.2) is 0 Å². The van der Waals surface area contributed by atoms with Gasteiger partial charge >= 0.3 is 5.97 Å². The van der Waals surface area contributed by atoms with Crippen molar-refractivity contribution in [1.82, 2.24) is 4.90 Å². The molecule has 0 atom stereocenters. The molecule has 1 amide bonds. The van der Waals surface area contributed by atoms with Gasteiger partial charge in [0.2, 0.25) is 0 Å². The number of hydrogen-bond acceptors (Lipinski definition) is 3. The molecule has 0 aliphatic heterocycles. The number of hydrogen-bond donors (Lipinski definition) is 0. The molecule has 4 heteroatoms. The molecule has 0 radical (unpaired) electrons. The summed E-state index contributed by atoms with van der Waals surface area (Å²) in [6, 6.07) is 7.49. The van der Waals surface area contributed by atoms with Crippen LogP contribution < -0.4 is 0 Å². The molecule has 1 aromatic carbocycles. The maximum absolute atomic E-state index is 12.3. The minimum absolute atomic E-state index is 0.0509. The Bertz CT molecular complexity index is 539. The summed E-state index contributed by atoms with van der Waals surface area (Å²) < 4.78 is 5.26. The molecule has 0 aliphatic carbocycles. The summed E-state index contributed by atoms with van der Waals surface area (Å²) in [5, 5.41) is 0.